The number of ether oxygens (including phenoxy) is 2. The number of carbonyl (C=O) groups is 4. The number of hydrogen-bond donors (Lipinski definition) is 3. The number of likely N-dealkylation sites (tertiary alicyclic amines) is 1. The van der Waals surface area contributed by atoms with Crippen molar-refractivity contribution in [2.75, 3.05) is 6.54 Å². The molecule has 4 unspecified atom stereocenters. The highest BCUT2D eigenvalue weighted by atomic mass is 32.2. The third-order valence-corrected chi connectivity index (χ3v) is 10.6. The smallest absolute Gasteiger partial charge is 0.408 e. The number of sulfonamides is 1. The van der Waals surface area contributed by atoms with Crippen molar-refractivity contribution >= 4 is 44.6 Å². The van der Waals surface area contributed by atoms with Crippen molar-refractivity contribution < 1.29 is 37.1 Å². The Bertz CT molecular complexity index is 1990. The lowest BCUT2D eigenvalue weighted by Gasteiger charge is -2.36. The molecular weight excluding hydrogens is 707 g/mol. The lowest BCUT2D eigenvalue weighted by atomic mass is 9.85. The normalized spacial score (nSPS) is 19.5. The molecule has 53 heavy (non-hydrogen) atoms. The average molecular weight is 754 g/mol. The maximum Gasteiger partial charge on any atom is 0.408 e. The van der Waals surface area contributed by atoms with E-state index in [0.29, 0.717) is 29.4 Å². The van der Waals surface area contributed by atoms with Crippen LogP contribution in [0.2, 0.25) is 0 Å². The summed E-state index contributed by atoms with van der Waals surface area (Å²) in [6.45, 7) is 15.3. The number of benzene rings is 1. The number of carbonyl (C=O) groups excluding carboxylic acids is 4. The van der Waals surface area contributed by atoms with Crippen molar-refractivity contribution in [1.82, 2.24) is 45.2 Å². The van der Waals surface area contributed by atoms with Crippen LogP contribution in [0.1, 0.15) is 74.1 Å². The van der Waals surface area contributed by atoms with E-state index in [9.17, 15) is 27.6 Å². The zero-order chi connectivity index (χ0) is 38.9. The van der Waals surface area contributed by atoms with Crippen molar-refractivity contribution in [3.05, 3.63) is 49.6 Å². The van der Waals surface area contributed by atoms with Gasteiger partial charge in [0.05, 0.1) is 11.8 Å². The summed E-state index contributed by atoms with van der Waals surface area (Å²) in [4.78, 5) is 60.4. The molecule has 2 aliphatic rings. The van der Waals surface area contributed by atoms with Gasteiger partial charge >= 0.3 is 6.09 Å². The number of amides is 4. The lowest BCUT2D eigenvalue weighted by molar-refractivity contribution is -0.143. The Balaban J connectivity index is 1.47. The molecule has 5 rings (SSSR count). The molecule has 1 aromatic carbocycles. The van der Waals surface area contributed by atoms with Gasteiger partial charge in [0.25, 0.3) is 5.91 Å². The van der Waals surface area contributed by atoms with Crippen LogP contribution in [0.5, 0.6) is 5.88 Å². The van der Waals surface area contributed by atoms with Gasteiger partial charge in [-0.25, -0.2) is 22.9 Å². The molecule has 1 aliphatic heterocycles. The maximum absolute atomic E-state index is 14.5. The highest BCUT2D eigenvalue weighted by molar-refractivity contribution is 7.91. The zero-order valence-electron chi connectivity index (χ0n) is 31.0. The van der Waals surface area contributed by atoms with Crippen molar-refractivity contribution in [2.45, 2.75) is 109 Å². The van der Waals surface area contributed by atoms with E-state index in [2.05, 4.69) is 42.2 Å². The van der Waals surface area contributed by atoms with E-state index < -0.39 is 73.8 Å². The first-order valence-corrected chi connectivity index (χ1v) is 18.8. The third kappa shape index (κ3) is 9.09. The molecular formula is C35H47N9O8S. The van der Waals surface area contributed by atoms with Gasteiger partial charge in [0.2, 0.25) is 27.7 Å². The number of nitrogens with zero attached hydrogens (tertiary/aromatic N) is 6. The molecule has 1 saturated carbocycles. The lowest BCUT2D eigenvalue weighted by Crippen LogP contribution is -2.62. The molecule has 3 heterocycles. The summed E-state index contributed by atoms with van der Waals surface area (Å²) in [6.07, 6.45) is 3.32. The van der Waals surface area contributed by atoms with Crippen LogP contribution in [0.3, 0.4) is 0 Å². The summed E-state index contributed by atoms with van der Waals surface area (Å²) in [6, 6.07) is 4.86. The van der Waals surface area contributed by atoms with Crippen molar-refractivity contribution in [1.29, 1.82) is 0 Å². The van der Waals surface area contributed by atoms with Gasteiger partial charge in [0.15, 0.2) is 5.82 Å². The molecule has 2 fully saturated rings. The van der Waals surface area contributed by atoms with Crippen molar-refractivity contribution in [3.8, 4) is 11.7 Å². The van der Waals surface area contributed by atoms with Crippen LogP contribution in [-0.4, -0.2) is 103 Å². The second-order valence-corrected chi connectivity index (χ2v) is 17.6. The zero-order valence-corrected chi connectivity index (χ0v) is 31.8. The Morgan fingerprint density at radius 2 is 1.72 bits per heavy atom. The van der Waals surface area contributed by atoms with Gasteiger partial charge in [-0.2, -0.15) is 5.10 Å². The van der Waals surface area contributed by atoms with Crippen LogP contribution >= 0.6 is 0 Å². The standard InChI is InChI=1S/C35H47N9O8S/c1-9-16-35(8,31(47)42-53(49,50)22-14-15-22)39-28(45)25-17-21(18-43(25)30(46)26(33(2,3)4)38-32(48)52-34(5,6)7)51-29-24-13-11-10-12-23(24)27(40-41-29)44-20-36-19-37-44/h9-13,19-22,25-26H,1,14-18H2,2-8H3,(H,38,48)(H,39,45)(H,42,47). The van der Waals surface area contributed by atoms with Gasteiger partial charge in [-0.1, -0.05) is 45.0 Å². The van der Waals surface area contributed by atoms with Gasteiger partial charge in [-0.3, -0.25) is 19.1 Å². The average Bonchev–Trinajstić information content (AvgIpc) is 3.63. The van der Waals surface area contributed by atoms with E-state index in [1.807, 2.05) is 12.1 Å². The molecule has 0 bridgehead atoms. The van der Waals surface area contributed by atoms with E-state index >= 15 is 0 Å². The van der Waals surface area contributed by atoms with E-state index in [1.165, 1.54) is 35.2 Å². The topological polar surface area (TPSA) is 217 Å². The van der Waals surface area contributed by atoms with E-state index in [4.69, 9.17) is 9.47 Å². The fourth-order valence-electron chi connectivity index (χ4n) is 5.96. The molecule has 4 atom stereocenters. The van der Waals surface area contributed by atoms with Crippen LogP contribution in [-0.2, 0) is 29.1 Å². The summed E-state index contributed by atoms with van der Waals surface area (Å²) in [7, 11) is -3.94. The number of nitrogens with one attached hydrogen (secondary N) is 3. The van der Waals surface area contributed by atoms with Crippen LogP contribution in [0, 0.1) is 5.41 Å². The molecule has 4 amide bonds. The molecule has 0 radical (unpaired) electrons. The Morgan fingerprint density at radius 3 is 2.30 bits per heavy atom. The van der Waals surface area contributed by atoms with Crippen LogP contribution in [0.4, 0.5) is 4.79 Å². The fraction of sp³-hybridized carbons (Fsp3) is 0.543. The first-order valence-electron chi connectivity index (χ1n) is 17.3. The molecule has 0 spiro atoms. The second kappa shape index (κ2) is 14.7. The van der Waals surface area contributed by atoms with E-state index in [1.54, 1.807) is 53.7 Å². The molecule has 1 aliphatic carbocycles. The number of aromatic nitrogens is 5. The predicted molar refractivity (Wildman–Crippen MR) is 193 cm³/mol. The Labute approximate surface area is 308 Å². The SMILES string of the molecule is C=CCC(C)(NC(=O)C1CC(Oc2nnc(-n3cncn3)c3ccccc23)CN1C(=O)C(NC(=O)OC(C)(C)C)C(C)(C)C)C(=O)NS(=O)(=O)C1CC1. The minimum absolute atomic E-state index is 0.0477. The molecule has 17 nitrogen and oxygen atoms in total. The number of alkyl carbamates (subject to hydrolysis) is 1. The highest BCUT2D eigenvalue weighted by Crippen LogP contribution is 2.32. The van der Waals surface area contributed by atoms with Gasteiger partial charge in [-0.05, 0) is 58.4 Å². The van der Waals surface area contributed by atoms with E-state index in [-0.39, 0.29) is 25.3 Å². The Kier molecular flexibility index (Phi) is 10.9. The summed E-state index contributed by atoms with van der Waals surface area (Å²) in [5.74, 6) is -1.72. The molecule has 18 heteroatoms. The largest absolute Gasteiger partial charge is 0.471 e. The van der Waals surface area contributed by atoms with Gasteiger partial charge in [0.1, 0.15) is 42.0 Å². The third-order valence-electron chi connectivity index (χ3n) is 8.82. The number of hydrogen-bond acceptors (Lipinski definition) is 12. The first kappa shape index (κ1) is 39.1. The highest BCUT2D eigenvalue weighted by Gasteiger charge is 2.49. The first-order chi connectivity index (χ1) is 24.7. The quantitative estimate of drug-likeness (QED) is 0.228. The van der Waals surface area contributed by atoms with Gasteiger partial charge in [0, 0.05) is 17.2 Å². The van der Waals surface area contributed by atoms with Gasteiger partial charge < -0.3 is 25.0 Å². The molecule has 286 valence electrons. The predicted octanol–water partition coefficient (Wildman–Crippen LogP) is 2.56. The summed E-state index contributed by atoms with van der Waals surface area (Å²) < 4.78 is 40.8. The molecule has 3 N–H and O–H groups in total. The minimum atomic E-state index is -3.94. The number of rotatable bonds is 12. The maximum atomic E-state index is 14.5. The summed E-state index contributed by atoms with van der Waals surface area (Å²) in [5.41, 5.74) is -3.44. The van der Waals surface area contributed by atoms with Crippen LogP contribution in [0.25, 0.3) is 16.6 Å². The Morgan fingerprint density at radius 1 is 1.04 bits per heavy atom. The van der Waals surface area contributed by atoms with E-state index in [0.717, 1.165) is 0 Å². The molecule has 2 aromatic heterocycles. The fourth-order valence-corrected chi connectivity index (χ4v) is 7.37. The Hall–Kier alpha value is -5.13. The summed E-state index contributed by atoms with van der Waals surface area (Å²) >= 11 is 0. The van der Waals surface area contributed by atoms with Crippen LogP contribution in [0.15, 0.2) is 49.6 Å². The van der Waals surface area contributed by atoms with Crippen molar-refractivity contribution in [3.63, 3.8) is 0 Å². The van der Waals surface area contributed by atoms with Crippen LogP contribution < -0.4 is 20.1 Å². The summed E-state index contributed by atoms with van der Waals surface area (Å²) in [5, 5.41) is 18.7. The second-order valence-electron chi connectivity index (χ2n) is 15.6. The molecule has 3 aromatic rings. The van der Waals surface area contributed by atoms with Gasteiger partial charge in [-0.15, -0.1) is 16.8 Å². The minimum Gasteiger partial charge on any atom is -0.471 e. The number of fused-ring (bicyclic) bond motifs is 1. The monoisotopic (exact) mass is 753 g/mol. The van der Waals surface area contributed by atoms with Crippen molar-refractivity contribution in [2.24, 2.45) is 5.41 Å². The molecule has 1 saturated heterocycles.